The number of fused-ring (bicyclic) bond motifs is 10. The lowest BCUT2D eigenvalue weighted by molar-refractivity contribution is 0.669. The lowest BCUT2D eigenvalue weighted by atomic mass is 9.99. The van der Waals surface area contributed by atoms with Crippen molar-refractivity contribution in [2.75, 3.05) is 0 Å². The van der Waals surface area contributed by atoms with Gasteiger partial charge in [0.2, 0.25) is 5.95 Å². The lowest BCUT2D eigenvalue weighted by Crippen LogP contribution is -2.07. The van der Waals surface area contributed by atoms with Crippen LogP contribution in [0, 0.1) is 0 Å². The fourth-order valence-corrected chi connectivity index (χ4v) is 8.31. The minimum absolute atomic E-state index is 0.521. The average molecular weight is 705 g/mol. The summed E-state index contributed by atoms with van der Waals surface area (Å²) in [6.45, 7) is 0. The molecule has 4 heterocycles. The van der Waals surface area contributed by atoms with Crippen LogP contribution in [-0.2, 0) is 0 Å². The minimum atomic E-state index is 0.521. The van der Waals surface area contributed by atoms with E-state index in [0.717, 1.165) is 93.3 Å². The Bertz CT molecular complexity index is 3500. The number of rotatable bonds is 4. The molecule has 0 atom stereocenters. The fraction of sp³-hybridized carbons (Fsp3) is 0. The Balaban J connectivity index is 1.19. The third kappa shape index (κ3) is 4.52. The molecule has 0 saturated heterocycles. The Morgan fingerprint density at radius 1 is 0.382 bits per heavy atom. The van der Waals surface area contributed by atoms with E-state index in [9.17, 15) is 0 Å². The van der Waals surface area contributed by atoms with E-state index in [0.29, 0.717) is 17.6 Å². The van der Waals surface area contributed by atoms with Gasteiger partial charge in [-0.15, -0.1) is 0 Å². The lowest BCUT2D eigenvalue weighted by Gasteiger charge is -2.13. The molecule has 12 rings (SSSR count). The molecule has 0 aliphatic carbocycles. The van der Waals surface area contributed by atoms with Crippen molar-refractivity contribution in [1.82, 2.24) is 19.5 Å². The molecule has 0 aliphatic rings. The van der Waals surface area contributed by atoms with Crippen LogP contribution in [0.25, 0.3) is 116 Å². The van der Waals surface area contributed by atoms with Gasteiger partial charge in [0.05, 0.1) is 11.0 Å². The number of nitrogens with zero attached hydrogens (tertiary/aromatic N) is 4. The first-order valence-electron chi connectivity index (χ1n) is 18.4. The summed E-state index contributed by atoms with van der Waals surface area (Å²) < 4.78 is 15.2. The van der Waals surface area contributed by atoms with E-state index in [4.69, 9.17) is 23.8 Å². The predicted molar refractivity (Wildman–Crippen MR) is 223 cm³/mol. The van der Waals surface area contributed by atoms with Crippen LogP contribution in [0.4, 0.5) is 0 Å². The van der Waals surface area contributed by atoms with Crippen molar-refractivity contribution in [3.8, 4) is 39.9 Å². The molecule has 0 unspecified atom stereocenters. The van der Waals surface area contributed by atoms with Crippen LogP contribution in [0.1, 0.15) is 0 Å². The zero-order valence-electron chi connectivity index (χ0n) is 29.3. The van der Waals surface area contributed by atoms with E-state index in [1.165, 1.54) is 5.39 Å². The summed E-state index contributed by atoms with van der Waals surface area (Å²) in [7, 11) is 0. The van der Waals surface area contributed by atoms with Crippen molar-refractivity contribution in [2.45, 2.75) is 0 Å². The van der Waals surface area contributed by atoms with Gasteiger partial charge in [0.25, 0.3) is 0 Å². The molecule has 0 saturated carbocycles. The SMILES string of the molecule is c1ccc(-c2nc(-c3ccc4c(c3)oc3ccccc34)nc(-n3c4cc5ccccc5cc4c4cccc(-c5cccc6c5oc5ccccc56)c43)n2)cc1. The quantitative estimate of drug-likeness (QED) is 0.182. The van der Waals surface area contributed by atoms with Gasteiger partial charge in [0, 0.05) is 54.6 Å². The molecule has 0 radical (unpaired) electrons. The molecule has 4 aromatic heterocycles. The van der Waals surface area contributed by atoms with Crippen molar-refractivity contribution in [2.24, 2.45) is 0 Å². The fourth-order valence-electron chi connectivity index (χ4n) is 8.31. The normalized spacial score (nSPS) is 12.0. The zero-order chi connectivity index (χ0) is 36.0. The average Bonchev–Trinajstić information content (AvgIpc) is 3.92. The Labute approximate surface area is 313 Å². The highest BCUT2D eigenvalue weighted by Gasteiger charge is 2.23. The van der Waals surface area contributed by atoms with Crippen molar-refractivity contribution in [1.29, 1.82) is 0 Å². The van der Waals surface area contributed by atoms with Crippen LogP contribution in [-0.4, -0.2) is 19.5 Å². The van der Waals surface area contributed by atoms with Gasteiger partial charge in [-0.2, -0.15) is 9.97 Å². The number of benzene rings is 8. The zero-order valence-corrected chi connectivity index (χ0v) is 29.3. The topological polar surface area (TPSA) is 69.9 Å². The maximum absolute atomic E-state index is 6.62. The number of hydrogen-bond donors (Lipinski definition) is 0. The Kier molecular flexibility index (Phi) is 6.24. The summed E-state index contributed by atoms with van der Waals surface area (Å²) in [5, 5.41) is 8.80. The smallest absolute Gasteiger partial charge is 0.238 e. The Morgan fingerprint density at radius 2 is 1.00 bits per heavy atom. The second-order valence-corrected chi connectivity index (χ2v) is 14.0. The predicted octanol–water partition coefficient (Wildman–Crippen LogP) is 12.9. The molecule has 0 N–H and O–H groups in total. The van der Waals surface area contributed by atoms with Crippen LogP contribution in [0.15, 0.2) is 179 Å². The summed E-state index contributed by atoms with van der Waals surface area (Å²) in [5.41, 5.74) is 9.09. The van der Waals surface area contributed by atoms with Crippen LogP contribution >= 0.6 is 0 Å². The van der Waals surface area contributed by atoms with E-state index in [2.05, 4.69) is 108 Å². The van der Waals surface area contributed by atoms with Crippen molar-refractivity contribution >= 4 is 76.5 Å². The summed E-state index contributed by atoms with van der Waals surface area (Å²) in [4.78, 5) is 15.7. The molecule has 55 heavy (non-hydrogen) atoms. The molecule has 0 amide bonds. The highest BCUT2D eigenvalue weighted by Crippen LogP contribution is 2.43. The first kappa shape index (κ1) is 29.9. The molecule has 8 aromatic carbocycles. The van der Waals surface area contributed by atoms with E-state index in [1.54, 1.807) is 0 Å². The molecule has 0 aliphatic heterocycles. The van der Waals surface area contributed by atoms with Crippen LogP contribution in [0.3, 0.4) is 0 Å². The van der Waals surface area contributed by atoms with Gasteiger partial charge < -0.3 is 8.83 Å². The highest BCUT2D eigenvalue weighted by atomic mass is 16.3. The largest absolute Gasteiger partial charge is 0.456 e. The van der Waals surface area contributed by atoms with Crippen molar-refractivity contribution in [3.05, 3.63) is 170 Å². The number of aromatic nitrogens is 4. The molecule has 0 bridgehead atoms. The summed E-state index contributed by atoms with van der Waals surface area (Å²) in [6, 6.07) is 58.6. The van der Waals surface area contributed by atoms with Crippen molar-refractivity contribution in [3.63, 3.8) is 0 Å². The van der Waals surface area contributed by atoms with Crippen LogP contribution in [0.5, 0.6) is 0 Å². The monoisotopic (exact) mass is 704 g/mol. The third-order valence-electron chi connectivity index (χ3n) is 10.8. The second-order valence-electron chi connectivity index (χ2n) is 14.0. The molecule has 6 nitrogen and oxygen atoms in total. The van der Waals surface area contributed by atoms with E-state index in [1.807, 2.05) is 66.7 Å². The van der Waals surface area contributed by atoms with Gasteiger partial charge >= 0.3 is 0 Å². The third-order valence-corrected chi connectivity index (χ3v) is 10.8. The first-order chi connectivity index (χ1) is 27.2. The minimum Gasteiger partial charge on any atom is -0.456 e. The van der Waals surface area contributed by atoms with Crippen molar-refractivity contribution < 1.29 is 8.83 Å². The highest BCUT2D eigenvalue weighted by molar-refractivity contribution is 6.19. The molecule has 12 aromatic rings. The second kappa shape index (κ2) is 11.5. The number of furan rings is 2. The standard InChI is InChI=1S/C49H28N4O2/c1-2-12-29(13-3-1)47-50-48(32-24-25-35-33-16-6-8-22-42(33)54-44(35)28-32)52-49(51-47)53-41-27-31-15-5-4-14-30(31)26-40(41)37-19-10-18-36(45(37)53)39-21-11-20-38-34-17-7-9-23-43(34)55-46(38)39/h1-28H. The van der Waals surface area contributed by atoms with E-state index in [-0.39, 0.29) is 0 Å². The molecule has 0 fully saturated rings. The van der Waals surface area contributed by atoms with Gasteiger partial charge in [-0.25, -0.2) is 4.98 Å². The molecule has 0 spiro atoms. The van der Waals surface area contributed by atoms with Gasteiger partial charge in [-0.05, 0) is 47.2 Å². The molecule has 6 heteroatoms. The Morgan fingerprint density at radius 3 is 1.82 bits per heavy atom. The number of hydrogen-bond acceptors (Lipinski definition) is 5. The molecular weight excluding hydrogens is 677 g/mol. The molecular formula is C49H28N4O2. The van der Waals surface area contributed by atoms with Gasteiger partial charge in [-0.1, -0.05) is 133 Å². The molecule has 256 valence electrons. The first-order valence-corrected chi connectivity index (χ1v) is 18.4. The van der Waals surface area contributed by atoms with Gasteiger partial charge in [-0.3, -0.25) is 4.57 Å². The van der Waals surface area contributed by atoms with Gasteiger partial charge in [0.15, 0.2) is 11.6 Å². The summed E-state index contributed by atoms with van der Waals surface area (Å²) in [5.74, 6) is 1.66. The Hall–Kier alpha value is -7.57. The van der Waals surface area contributed by atoms with E-state index >= 15 is 0 Å². The van der Waals surface area contributed by atoms with E-state index < -0.39 is 0 Å². The van der Waals surface area contributed by atoms with Crippen LogP contribution < -0.4 is 0 Å². The number of para-hydroxylation sites is 4. The van der Waals surface area contributed by atoms with Crippen LogP contribution in [0.2, 0.25) is 0 Å². The maximum atomic E-state index is 6.62. The summed E-state index contributed by atoms with van der Waals surface area (Å²) in [6.07, 6.45) is 0. The summed E-state index contributed by atoms with van der Waals surface area (Å²) >= 11 is 0. The van der Waals surface area contributed by atoms with Gasteiger partial charge in [0.1, 0.15) is 22.3 Å². The maximum Gasteiger partial charge on any atom is 0.238 e.